The van der Waals surface area contributed by atoms with E-state index in [1.54, 1.807) is 18.4 Å². The Morgan fingerprint density at radius 3 is 2.80 bits per heavy atom. The number of likely N-dealkylation sites (N-methyl/N-ethyl adjacent to an activating group) is 1. The van der Waals surface area contributed by atoms with E-state index in [-0.39, 0.29) is 16.1 Å². The zero-order valence-electron chi connectivity index (χ0n) is 11.2. The molecule has 0 aliphatic rings. The van der Waals surface area contributed by atoms with Crippen molar-refractivity contribution in [3.8, 4) is 0 Å². The molecule has 2 aromatic rings. The fraction of sp³-hybridized carbons (Fsp3) is 0.308. The van der Waals surface area contributed by atoms with Gasteiger partial charge in [0.15, 0.2) is 0 Å². The zero-order chi connectivity index (χ0) is 14.8. The average Bonchev–Trinajstić information content (AvgIpc) is 2.90. The molecule has 0 saturated carbocycles. The highest BCUT2D eigenvalue weighted by atomic mass is 35.5. The number of aromatic nitrogens is 1. The van der Waals surface area contributed by atoms with Crippen LogP contribution in [0.15, 0.2) is 40.7 Å². The van der Waals surface area contributed by atoms with Gasteiger partial charge in [0.25, 0.3) is 0 Å². The van der Waals surface area contributed by atoms with Gasteiger partial charge in [0.05, 0.1) is 4.90 Å². The summed E-state index contributed by atoms with van der Waals surface area (Å²) >= 11 is 7.38. The molecular weight excluding hydrogens is 316 g/mol. The topological polar surface area (TPSA) is 50.3 Å². The van der Waals surface area contributed by atoms with E-state index in [0.29, 0.717) is 6.42 Å². The molecule has 0 N–H and O–H groups in total. The Bertz CT molecular complexity index is 671. The molecule has 108 valence electrons. The normalized spacial score (nSPS) is 13.6. The van der Waals surface area contributed by atoms with Crippen LogP contribution in [0.3, 0.4) is 0 Å². The molecule has 7 heteroatoms. The lowest BCUT2D eigenvalue weighted by molar-refractivity contribution is 0.388. The standard InChI is InChI=1S/C13H15ClN2O2S2/c1-10(8-11-4-3-7-19-11)16(2)20(17,18)12-5-6-15-13(14)9-12/h3-7,9-10H,8H2,1-2H3. The van der Waals surface area contributed by atoms with Crippen LogP contribution in [0.1, 0.15) is 11.8 Å². The minimum Gasteiger partial charge on any atom is -0.244 e. The van der Waals surface area contributed by atoms with Gasteiger partial charge in [-0.15, -0.1) is 11.3 Å². The molecule has 0 aromatic carbocycles. The molecular formula is C13H15ClN2O2S2. The minimum atomic E-state index is -3.55. The zero-order valence-corrected chi connectivity index (χ0v) is 13.5. The summed E-state index contributed by atoms with van der Waals surface area (Å²) in [6.45, 7) is 1.89. The third kappa shape index (κ3) is 3.38. The maximum atomic E-state index is 12.5. The largest absolute Gasteiger partial charge is 0.244 e. The van der Waals surface area contributed by atoms with Crippen LogP contribution in [-0.4, -0.2) is 30.8 Å². The van der Waals surface area contributed by atoms with Crippen molar-refractivity contribution in [3.63, 3.8) is 0 Å². The van der Waals surface area contributed by atoms with E-state index in [0.717, 1.165) is 4.88 Å². The van der Waals surface area contributed by atoms with Gasteiger partial charge < -0.3 is 0 Å². The van der Waals surface area contributed by atoms with Crippen LogP contribution < -0.4 is 0 Å². The maximum absolute atomic E-state index is 12.5. The van der Waals surface area contributed by atoms with Gasteiger partial charge >= 0.3 is 0 Å². The monoisotopic (exact) mass is 330 g/mol. The van der Waals surface area contributed by atoms with Gasteiger partial charge in [0, 0.05) is 24.2 Å². The predicted molar refractivity (Wildman–Crippen MR) is 81.7 cm³/mol. The Morgan fingerprint density at radius 1 is 1.45 bits per heavy atom. The van der Waals surface area contributed by atoms with Gasteiger partial charge in [0.1, 0.15) is 5.15 Å². The van der Waals surface area contributed by atoms with Crippen molar-refractivity contribution < 1.29 is 8.42 Å². The first kappa shape index (κ1) is 15.4. The fourth-order valence-electron chi connectivity index (χ4n) is 1.80. The van der Waals surface area contributed by atoms with Crippen LogP contribution in [0.2, 0.25) is 5.15 Å². The number of pyridine rings is 1. The minimum absolute atomic E-state index is 0.134. The molecule has 2 rings (SSSR count). The summed E-state index contributed by atoms with van der Waals surface area (Å²) in [5, 5.41) is 2.16. The summed E-state index contributed by atoms with van der Waals surface area (Å²) in [5.74, 6) is 0. The SMILES string of the molecule is CC(Cc1cccs1)N(C)S(=O)(=O)c1ccnc(Cl)c1. The Balaban J connectivity index is 2.20. The van der Waals surface area contributed by atoms with E-state index in [4.69, 9.17) is 11.6 Å². The van der Waals surface area contributed by atoms with Crippen molar-refractivity contribution in [1.82, 2.24) is 9.29 Å². The average molecular weight is 331 g/mol. The third-order valence-corrected chi connectivity index (χ3v) is 6.15. The number of halogens is 1. The van der Waals surface area contributed by atoms with Crippen LogP contribution in [0, 0.1) is 0 Å². The number of hydrogen-bond acceptors (Lipinski definition) is 4. The molecule has 0 bridgehead atoms. The van der Waals surface area contributed by atoms with E-state index in [1.807, 2.05) is 24.4 Å². The van der Waals surface area contributed by atoms with E-state index in [1.165, 1.54) is 22.6 Å². The van der Waals surface area contributed by atoms with Crippen molar-refractivity contribution in [3.05, 3.63) is 45.9 Å². The molecule has 2 heterocycles. The van der Waals surface area contributed by atoms with Gasteiger partial charge in [-0.3, -0.25) is 0 Å². The number of thiophene rings is 1. The maximum Gasteiger partial charge on any atom is 0.243 e. The van der Waals surface area contributed by atoms with E-state index in [9.17, 15) is 8.42 Å². The van der Waals surface area contributed by atoms with Gasteiger partial charge in [0.2, 0.25) is 10.0 Å². The van der Waals surface area contributed by atoms with Crippen LogP contribution in [-0.2, 0) is 16.4 Å². The van der Waals surface area contributed by atoms with Crippen LogP contribution in [0.4, 0.5) is 0 Å². The van der Waals surface area contributed by atoms with Gasteiger partial charge in [-0.05, 0) is 36.9 Å². The molecule has 20 heavy (non-hydrogen) atoms. The van der Waals surface area contributed by atoms with Crippen molar-refractivity contribution in [2.75, 3.05) is 7.05 Å². The summed E-state index contributed by atoms with van der Waals surface area (Å²) in [7, 11) is -1.97. The number of hydrogen-bond donors (Lipinski definition) is 0. The van der Waals surface area contributed by atoms with Crippen molar-refractivity contribution in [2.45, 2.75) is 24.3 Å². The van der Waals surface area contributed by atoms with Crippen molar-refractivity contribution in [1.29, 1.82) is 0 Å². The molecule has 0 fully saturated rings. The smallest absolute Gasteiger partial charge is 0.243 e. The molecule has 0 amide bonds. The molecule has 1 atom stereocenters. The second-order valence-corrected chi connectivity index (χ2v) is 7.89. The molecule has 0 saturated heterocycles. The summed E-state index contributed by atoms with van der Waals surface area (Å²) in [6.07, 6.45) is 2.08. The number of sulfonamides is 1. The summed E-state index contributed by atoms with van der Waals surface area (Å²) in [5.41, 5.74) is 0. The second-order valence-electron chi connectivity index (χ2n) is 4.47. The van der Waals surface area contributed by atoms with Gasteiger partial charge in [-0.1, -0.05) is 17.7 Å². The van der Waals surface area contributed by atoms with Gasteiger partial charge in [-0.2, -0.15) is 4.31 Å². The fourth-order valence-corrected chi connectivity index (χ4v) is 4.24. The van der Waals surface area contributed by atoms with Crippen LogP contribution in [0.5, 0.6) is 0 Å². The highest BCUT2D eigenvalue weighted by Crippen LogP contribution is 2.21. The molecule has 4 nitrogen and oxygen atoms in total. The molecule has 0 spiro atoms. The molecule has 1 unspecified atom stereocenters. The first-order chi connectivity index (χ1) is 9.41. The third-order valence-electron chi connectivity index (χ3n) is 3.07. The predicted octanol–water partition coefficient (Wildman–Crippen LogP) is 3.05. The summed E-state index contributed by atoms with van der Waals surface area (Å²) in [6, 6.07) is 6.65. The highest BCUT2D eigenvalue weighted by Gasteiger charge is 2.25. The van der Waals surface area contributed by atoms with E-state index >= 15 is 0 Å². The Kier molecular flexibility index (Phi) is 4.80. The van der Waals surface area contributed by atoms with Crippen LogP contribution >= 0.6 is 22.9 Å². The van der Waals surface area contributed by atoms with Crippen molar-refractivity contribution in [2.24, 2.45) is 0 Å². The Hall–Kier alpha value is -0.950. The lowest BCUT2D eigenvalue weighted by atomic mass is 10.2. The Morgan fingerprint density at radius 2 is 2.20 bits per heavy atom. The number of nitrogens with zero attached hydrogens (tertiary/aromatic N) is 2. The van der Waals surface area contributed by atoms with E-state index < -0.39 is 10.0 Å². The first-order valence-corrected chi connectivity index (χ1v) is 8.73. The van der Waals surface area contributed by atoms with E-state index in [2.05, 4.69) is 4.98 Å². The first-order valence-electron chi connectivity index (χ1n) is 6.03. The lowest BCUT2D eigenvalue weighted by Crippen LogP contribution is -2.36. The highest BCUT2D eigenvalue weighted by molar-refractivity contribution is 7.89. The summed E-state index contributed by atoms with van der Waals surface area (Å²) in [4.78, 5) is 5.13. The van der Waals surface area contributed by atoms with Gasteiger partial charge in [-0.25, -0.2) is 13.4 Å². The Labute approximate surface area is 128 Å². The van der Waals surface area contributed by atoms with Crippen LogP contribution in [0.25, 0.3) is 0 Å². The lowest BCUT2D eigenvalue weighted by Gasteiger charge is -2.24. The molecule has 0 aliphatic carbocycles. The van der Waals surface area contributed by atoms with Crippen molar-refractivity contribution >= 4 is 33.0 Å². The molecule has 0 aliphatic heterocycles. The quantitative estimate of drug-likeness (QED) is 0.792. The molecule has 0 radical (unpaired) electrons. The number of rotatable bonds is 5. The summed E-state index contributed by atoms with van der Waals surface area (Å²) < 4.78 is 26.4. The second kappa shape index (κ2) is 6.22. The molecule has 2 aromatic heterocycles.